The molecular weight excluding hydrogens is 312 g/mol. The van der Waals surface area contributed by atoms with Gasteiger partial charge in [0.2, 0.25) is 0 Å². The predicted octanol–water partition coefficient (Wildman–Crippen LogP) is 4.72. The fourth-order valence-corrected chi connectivity index (χ4v) is 3.04. The molecule has 3 rings (SSSR count). The fourth-order valence-electron chi connectivity index (χ4n) is 3.04. The van der Waals surface area contributed by atoms with Crippen LogP contribution in [0.25, 0.3) is 10.9 Å². The molecule has 130 valence electrons. The first-order chi connectivity index (χ1) is 12.0. The van der Waals surface area contributed by atoms with Crippen molar-refractivity contribution in [1.29, 1.82) is 0 Å². The Kier molecular flexibility index (Phi) is 4.79. The first kappa shape index (κ1) is 17.1. The molecule has 0 aliphatic rings. The van der Waals surface area contributed by atoms with E-state index in [9.17, 15) is 4.79 Å². The number of aromatic amines is 1. The number of H-pyrrole nitrogens is 1. The highest BCUT2D eigenvalue weighted by molar-refractivity contribution is 5.81. The van der Waals surface area contributed by atoms with E-state index >= 15 is 0 Å². The second-order valence-electron chi connectivity index (χ2n) is 6.41. The molecule has 0 amide bonds. The van der Waals surface area contributed by atoms with Crippen molar-refractivity contribution in [1.82, 2.24) is 4.98 Å². The molecule has 0 bridgehead atoms. The van der Waals surface area contributed by atoms with E-state index < -0.39 is 0 Å². The summed E-state index contributed by atoms with van der Waals surface area (Å²) in [5, 5.41) is 4.51. The summed E-state index contributed by atoms with van der Waals surface area (Å²) in [4.78, 5) is 15.6. The Hall–Kier alpha value is -2.75. The molecule has 1 heterocycles. The van der Waals surface area contributed by atoms with Gasteiger partial charge >= 0.3 is 0 Å². The van der Waals surface area contributed by atoms with Gasteiger partial charge < -0.3 is 15.0 Å². The minimum atomic E-state index is -0.0526. The lowest BCUT2D eigenvalue weighted by Crippen LogP contribution is -2.21. The minimum Gasteiger partial charge on any atom is -0.497 e. The van der Waals surface area contributed by atoms with Crippen LogP contribution in [0.15, 0.2) is 47.3 Å². The van der Waals surface area contributed by atoms with Gasteiger partial charge in [-0.1, -0.05) is 6.92 Å². The molecule has 4 nitrogen and oxygen atoms in total. The lowest BCUT2D eigenvalue weighted by atomic mass is 10.0. The predicted molar refractivity (Wildman–Crippen MR) is 104 cm³/mol. The average Bonchev–Trinajstić information content (AvgIpc) is 2.61. The molecular formula is C21H24N2O2. The molecule has 0 radical (unpaired) electrons. The highest BCUT2D eigenvalue weighted by atomic mass is 16.5. The zero-order valence-electron chi connectivity index (χ0n) is 15.1. The summed E-state index contributed by atoms with van der Waals surface area (Å²) in [5.41, 5.74) is 4.97. The number of ether oxygens (including phenoxy) is 1. The fraction of sp³-hybridized carbons (Fsp3) is 0.286. The molecule has 0 aliphatic carbocycles. The van der Waals surface area contributed by atoms with Crippen LogP contribution >= 0.6 is 0 Å². The zero-order chi connectivity index (χ0) is 18.0. The van der Waals surface area contributed by atoms with E-state index in [-0.39, 0.29) is 11.6 Å². The van der Waals surface area contributed by atoms with Gasteiger partial charge in [-0.2, -0.15) is 0 Å². The van der Waals surface area contributed by atoms with Crippen molar-refractivity contribution in [3.8, 4) is 5.75 Å². The Morgan fingerprint density at radius 3 is 2.40 bits per heavy atom. The number of hydrogen-bond acceptors (Lipinski definition) is 3. The monoisotopic (exact) mass is 336 g/mol. The maximum atomic E-state index is 12.6. The average molecular weight is 336 g/mol. The molecule has 0 fully saturated rings. The molecule has 0 saturated carbocycles. The van der Waals surface area contributed by atoms with Crippen LogP contribution in [0, 0.1) is 13.8 Å². The number of methoxy groups -OCH3 is 1. The molecule has 2 aromatic carbocycles. The summed E-state index contributed by atoms with van der Waals surface area (Å²) in [6, 6.07) is 13.9. The third kappa shape index (κ3) is 3.53. The number of anilines is 1. The molecule has 25 heavy (non-hydrogen) atoms. The lowest BCUT2D eigenvalue weighted by Gasteiger charge is -2.19. The van der Waals surface area contributed by atoms with E-state index in [1.54, 1.807) is 7.11 Å². The molecule has 0 saturated heterocycles. The zero-order valence-corrected chi connectivity index (χ0v) is 15.1. The lowest BCUT2D eigenvalue weighted by molar-refractivity contribution is 0.415. The van der Waals surface area contributed by atoms with Gasteiger partial charge in [-0.15, -0.1) is 0 Å². The Balaban J connectivity index is 1.97. The smallest absolute Gasteiger partial charge is 0.253 e. The molecule has 0 unspecified atom stereocenters. The molecule has 3 aromatic rings. The van der Waals surface area contributed by atoms with Gasteiger partial charge in [-0.05, 0) is 79.2 Å². The second kappa shape index (κ2) is 7.01. The number of fused-ring (bicyclic) bond motifs is 1. The standard InChI is InChI=1S/C21H24N2O2/c1-5-19(22-16-6-8-17(25-4)9-7-16)18-12-15-10-13(2)14(3)11-20(15)23-21(18)24/h6-12,19,22H,5H2,1-4H3,(H,23,24)/t19-/m0/s1. The van der Waals surface area contributed by atoms with Crippen molar-refractivity contribution in [2.75, 3.05) is 12.4 Å². The highest BCUT2D eigenvalue weighted by Crippen LogP contribution is 2.25. The number of rotatable bonds is 5. The first-order valence-corrected chi connectivity index (χ1v) is 8.56. The number of nitrogens with one attached hydrogen (secondary N) is 2. The van der Waals surface area contributed by atoms with Gasteiger partial charge in [0.1, 0.15) is 5.75 Å². The van der Waals surface area contributed by atoms with Crippen molar-refractivity contribution in [2.24, 2.45) is 0 Å². The van der Waals surface area contributed by atoms with Crippen LogP contribution in [0.2, 0.25) is 0 Å². The molecule has 2 N–H and O–H groups in total. The van der Waals surface area contributed by atoms with Crippen LogP contribution in [0.5, 0.6) is 5.75 Å². The summed E-state index contributed by atoms with van der Waals surface area (Å²) in [7, 11) is 1.65. The maximum absolute atomic E-state index is 12.6. The Bertz CT molecular complexity index is 943. The Labute approximate surface area is 147 Å². The van der Waals surface area contributed by atoms with Gasteiger partial charge in [-0.25, -0.2) is 0 Å². The van der Waals surface area contributed by atoms with E-state index in [1.165, 1.54) is 11.1 Å². The summed E-state index contributed by atoms with van der Waals surface area (Å²) in [5.74, 6) is 0.813. The van der Waals surface area contributed by atoms with Gasteiger partial charge in [-0.3, -0.25) is 4.79 Å². The van der Waals surface area contributed by atoms with Gasteiger partial charge in [0, 0.05) is 16.8 Å². The maximum Gasteiger partial charge on any atom is 0.253 e. The van der Waals surface area contributed by atoms with E-state index in [0.717, 1.165) is 34.3 Å². The molecule has 1 aromatic heterocycles. The van der Waals surface area contributed by atoms with Crippen molar-refractivity contribution < 1.29 is 4.74 Å². The van der Waals surface area contributed by atoms with Crippen LogP contribution in [0.3, 0.4) is 0 Å². The number of benzene rings is 2. The Morgan fingerprint density at radius 2 is 1.76 bits per heavy atom. The number of hydrogen-bond donors (Lipinski definition) is 2. The number of aromatic nitrogens is 1. The van der Waals surface area contributed by atoms with E-state index in [1.807, 2.05) is 36.4 Å². The van der Waals surface area contributed by atoms with Crippen LogP contribution in [-0.2, 0) is 0 Å². The van der Waals surface area contributed by atoms with Crippen molar-refractivity contribution in [2.45, 2.75) is 33.2 Å². The number of aryl methyl sites for hydroxylation is 2. The van der Waals surface area contributed by atoms with Gasteiger partial charge in [0.15, 0.2) is 0 Å². The topological polar surface area (TPSA) is 54.1 Å². The van der Waals surface area contributed by atoms with Crippen LogP contribution in [-0.4, -0.2) is 12.1 Å². The molecule has 1 atom stereocenters. The van der Waals surface area contributed by atoms with Crippen LogP contribution in [0.4, 0.5) is 5.69 Å². The van der Waals surface area contributed by atoms with E-state index in [4.69, 9.17) is 4.74 Å². The van der Waals surface area contributed by atoms with E-state index in [0.29, 0.717) is 0 Å². The second-order valence-corrected chi connectivity index (χ2v) is 6.41. The minimum absolute atomic E-state index is 0.0383. The molecule has 4 heteroatoms. The number of pyridine rings is 1. The highest BCUT2D eigenvalue weighted by Gasteiger charge is 2.15. The normalized spacial score (nSPS) is 12.2. The summed E-state index contributed by atoms with van der Waals surface area (Å²) >= 11 is 0. The summed E-state index contributed by atoms with van der Waals surface area (Å²) in [6.45, 7) is 6.22. The third-order valence-electron chi connectivity index (χ3n) is 4.70. The third-order valence-corrected chi connectivity index (χ3v) is 4.70. The molecule has 0 aliphatic heterocycles. The van der Waals surface area contributed by atoms with Crippen molar-refractivity contribution in [3.05, 3.63) is 69.5 Å². The van der Waals surface area contributed by atoms with Crippen LogP contribution < -0.4 is 15.6 Å². The molecule has 0 spiro atoms. The van der Waals surface area contributed by atoms with Gasteiger partial charge in [0.05, 0.1) is 13.2 Å². The van der Waals surface area contributed by atoms with Crippen LogP contribution in [0.1, 0.15) is 36.1 Å². The van der Waals surface area contributed by atoms with E-state index in [2.05, 4.69) is 37.1 Å². The Morgan fingerprint density at radius 1 is 1.08 bits per heavy atom. The summed E-state index contributed by atoms with van der Waals surface area (Å²) in [6.07, 6.45) is 0.811. The first-order valence-electron chi connectivity index (χ1n) is 8.56. The van der Waals surface area contributed by atoms with Crippen molar-refractivity contribution >= 4 is 16.6 Å². The van der Waals surface area contributed by atoms with Gasteiger partial charge in [0.25, 0.3) is 5.56 Å². The van der Waals surface area contributed by atoms with Crippen molar-refractivity contribution in [3.63, 3.8) is 0 Å². The quantitative estimate of drug-likeness (QED) is 0.709. The largest absolute Gasteiger partial charge is 0.497 e. The SMILES string of the molecule is CC[C@H](Nc1ccc(OC)cc1)c1cc2cc(C)c(C)cc2[nH]c1=O. The summed E-state index contributed by atoms with van der Waals surface area (Å²) < 4.78 is 5.19.